The van der Waals surface area contributed by atoms with Crippen LogP contribution < -0.4 is 5.32 Å². The van der Waals surface area contributed by atoms with E-state index in [2.05, 4.69) is 59.7 Å². The average molecular weight is 337 g/mol. The molecule has 4 rings (SSSR count). The highest BCUT2D eigenvalue weighted by Crippen LogP contribution is 2.23. The molecule has 132 valence electrons. The summed E-state index contributed by atoms with van der Waals surface area (Å²) in [6.07, 6.45) is 3.01. The van der Waals surface area contributed by atoms with E-state index in [9.17, 15) is 4.79 Å². The molecule has 0 unspecified atom stereocenters. The van der Waals surface area contributed by atoms with Gasteiger partial charge in [0.25, 0.3) is 0 Å². The summed E-state index contributed by atoms with van der Waals surface area (Å²) in [4.78, 5) is 16.9. The smallest absolute Gasteiger partial charge is 0.224 e. The number of benzene rings is 2. The predicted molar refractivity (Wildman–Crippen MR) is 101 cm³/mol. The van der Waals surface area contributed by atoms with E-state index in [4.69, 9.17) is 0 Å². The fraction of sp³-hybridized carbons (Fsp3) is 0.476. The van der Waals surface area contributed by atoms with Crippen molar-refractivity contribution in [3.63, 3.8) is 0 Å². The van der Waals surface area contributed by atoms with Crippen LogP contribution in [0.3, 0.4) is 0 Å². The highest BCUT2D eigenvalue weighted by Gasteiger charge is 2.31. The van der Waals surface area contributed by atoms with Crippen LogP contribution in [-0.4, -0.2) is 54.5 Å². The molecule has 4 heteroatoms. The molecule has 0 saturated carbocycles. The molecule has 1 atom stereocenters. The molecule has 0 aromatic heterocycles. The van der Waals surface area contributed by atoms with Crippen molar-refractivity contribution < 1.29 is 4.79 Å². The van der Waals surface area contributed by atoms with Gasteiger partial charge >= 0.3 is 0 Å². The van der Waals surface area contributed by atoms with Crippen molar-refractivity contribution >= 4 is 16.7 Å². The summed E-state index contributed by atoms with van der Waals surface area (Å²) in [5, 5.41) is 6.23. The molecule has 25 heavy (non-hydrogen) atoms. The number of piperidine rings is 1. The molecule has 2 saturated heterocycles. The quantitative estimate of drug-likeness (QED) is 0.932. The van der Waals surface area contributed by atoms with Crippen molar-refractivity contribution in [2.24, 2.45) is 0 Å². The van der Waals surface area contributed by atoms with Crippen molar-refractivity contribution in [3.8, 4) is 0 Å². The zero-order valence-electron chi connectivity index (χ0n) is 14.9. The maximum atomic E-state index is 12.5. The summed E-state index contributed by atoms with van der Waals surface area (Å²) in [5.41, 5.74) is 1.24. The van der Waals surface area contributed by atoms with E-state index in [1.165, 1.54) is 29.2 Å². The number of hydrogen-bond acceptors (Lipinski definition) is 3. The topological polar surface area (TPSA) is 35.6 Å². The van der Waals surface area contributed by atoms with Gasteiger partial charge < -0.3 is 15.1 Å². The Bertz CT molecular complexity index is 746. The van der Waals surface area contributed by atoms with Gasteiger partial charge in [0.2, 0.25) is 5.91 Å². The van der Waals surface area contributed by atoms with E-state index in [1.807, 2.05) is 4.90 Å². The Labute approximate surface area is 149 Å². The standard InChI is InChI=1S/C21H27N3O/c1-23-11-9-18(10-12-23)22-19-13-21(25)24(15-19)14-17-7-4-6-16-5-2-3-8-20(16)17/h2-8,18-19,22H,9-15H2,1H3/t19-/m0/s1. The first-order valence-corrected chi connectivity index (χ1v) is 9.38. The lowest BCUT2D eigenvalue weighted by molar-refractivity contribution is -0.128. The summed E-state index contributed by atoms with van der Waals surface area (Å²) >= 11 is 0. The largest absolute Gasteiger partial charge is 0.337 e. The van der Waals surface area contributed by atoms with E-state index in [-0.39, 0.29) is 5.91 Å². The Kier molecular flexibility index (Phi) is 4.73. The Balaban J connectivity index is 1.41. The first-order valence-electron chi connectivity index (χ1n) is 9.38. The number of rotatable bonds is 4. The maximum absolute atomic E-state index is 12.5. The highest BCUT2D eigenvalue weighted by atomic mass is 16.2. The summed E-state index contributed by atoms with van der Waals surface area (Å²) in [6.45, 7) is 3.84. The normalized spacial score (nSPS) is 22.8. The minimum Gasteiger partial charge on any atom is -0.337 e. The Hall–Kier alpha value is -1.91. The van der Waals surface area contributed by atoms with Gasteiger partial charge in [-0.05, 0) is 49.3 Å². The molecule has 2 aromatic rings. The number of fused-ring (bicyclic) bond motifs is 1. The van der Waals surface area contributed by atoms with Crippen molar-refractivity contribution in [2.75, 3.05) is 26.7 Å². The number of likely N-dealkylation sites (tertiary alicyclic amines) is 2. The molecule has 2 heterocycles. The molecule has 2 aliphatic heterocycles. The first-order chi connectivity index (χ1) is 12.2. The third-order valence-corrected chi connectivity index (χ3v) is 5.65. The molecule has 2 fully saturated rings. The van der Waals surface area contributed by atoms with Gasteiger partial charge in [-0.15, -0.1) is 0 Å². The van der Waals surface area contributed by atoms with Crippen LogP contribution in [0.15, 0.2) is 42.5 Å². The number of hydrogen-bond donors (Lipinski definition) is 1. The minimum absolute atomic E-state index is 0.276. The minimum atomic E-state index is 0.276. The fourth-order valence-electron chi connectivity index (χ4n) is 4.18. The van der Waals surface area contributed by atoms with Crippen molar-refractivity contribution in [3.05, 3.63) is 48.0 Å². The molecule has 2 aliphatic rings. The van der Waals surface area contributed by atoms with E-state index in [1.54, 1.807) is 0 Å². The molecular formula is C21H27N3O. The molecule has 1 N–H and O–H groups in total. The second-order valence-electron chi connectivity index (χ2n) is 7.56. The van der Waals surface area contributed by atoms with Gasteiger partial charge in [0.15, 0.2) is 0 Å². The fourth-order valence-corrected chi connectivity index (χ4v) is 4.18. The number of carbonyl (C=O) groups excluding carboxylic acids is 1. The zero-order valence-corrected chi connectivity index (χ0v) is 14.9. The second kappa shape index (κ2) is 7.14. The number of nitrogens with one attached hydrogen (secondary N) is 1. The van der Waals surface area contributed by atoms with E-state index < -0.39 is 0 Å². The summed E-state index contributed by atoms with van der Waals surface area (Å²) in [7, 11) is 2.18. The third-order valence-electron chi connectivity index (χ3n) is 5.65. The van der Waals surface area contributed by atoms with Gasteiger partial charge in [0, 0.05) is 31.6 Å². The van der Waals surface area contributed by atoms with Crippen molar-refractivity contribution in [1.29, 1.82) is 0 Å². The average Bonchev–Trinajstić information content (AvgIpc) is 2.96. The highest BCUT2D eigenvalue weighted by molar-refractivity contribution is 5.86. The summed E-state index contributed by atoms with van der Waals surface area (Å²) in [5.74, 6) is 0.276. The third kappa shape index (κ3) is 3.70. The van der Waals surface area contributed by atoms with Gasteiger partial charge in [-0.25, -0.2) is 0 Å². The zero-order chi connectivity index (χ0) is 17.2. The molecule has 2 aromatic carbocycles. The SMILES string of the molecule is CN1CCC(N[C@H]2CC(=O)N(Cc3cccc4ccccc34)C2)CC1. The molecule has 0 spiro atoms. The lowest BCUT2D eigenvalue weighted by Crippen LogP contribution is -2.46. The number of nitrogens with zero attached hydrogens (tertiary/aromatic N) is 2. The van der Waals surface area contributed by atoms with Crippen LogP contribution in [-0.2, 0) is 11.3 Å². The van der Waals surface area contributed by atoms with Gasteiger partial charge in [-0.2, -0.15) is 0 Å². The maximum Gasteiger partial charge on any atom is 0.224 e. The molecule has 0 bridgehead atoms. The first kappa shape index (κ1) is 16.6. The lowest BCUT2D eigenvalue weighted by atomic mass is 10.0. The molecular weight excluding hydrogens is 310 g/mol. The molecule has 0 radical (unpaired) electrons. The molecule has 0 aliphatic carbocycles. The van der Waals surface area contributed by atoms with Crippen molar-refractivity contribution in [1.82, 2.24) is 15.1 Å². The molecule has 4 nitrogen and oxygen atoms in total. The monoisotopic (exact) mass is 337 g/mol. The summed E-state index contributed by atoms with van der Waals surface area (Å²) in [6, 6.07) is 15.7. The van der Waals surface area contributed by atoms with E-state index >= 15 is 0 Å². The van der Waals surface area contributed by atoms with Gasteiger partial charge in [-0.1, -0.05) is 42.5 Å². The molecule has 1 amide bonds. The van der Waals surface area contributed by atoms with Crippen molar-refractivity contribution in [2.45, 2.75) is 37.9 Å². The van der Waals surface area contributed by atoms with Crippen LogP contribution >= 0.6 is 0 Å². The Morgan fingerprint density at radius 2 is 1.80 bits per heavy atom. The second-order valence-corrected chi connectivity index (χ2v) is 7.56. The van der Waals surface area contributed by atoms with Crippen LogP contribution in [0, 0.1) is 0 Å². The Morgan fingerprint density at radius 1 is 1.04 bits per heavy atom. The van der Waals surface area contributed by atoms with Gasteiger partial charge in [-0.3, -0.25) is 4.79 Å². The van der Waals surface area contributed by atoms with Crippen LogP contribution in [0.1, 0.15) is 24.8 Å². The Morgan fingerprint density at radius 3 is 2.64 bits per heavy atom. The van der Waals surface area contributed by atoms with Gasteiger partial charge in [0.1, 0.15) is 0 Å². The van der Waals surface area contributed by atoms with Crippen LogP contribution in [0.2, 0.25) is 0 Å². The predicted octanol–water partition coefficient (Wildman–Crippen LogP) is 2.62. The summed E-state index contributed by atoms with van der Waals surface area (Å²) < 4.78 is 0. The van der Waals surface area contributed by atoms with E-state index in [0.717, 1.165) is 19.6 Å². The lowest BCUT2D eigenvalue weighted by Gasteiger charge is -2.31. The number of amides is 1. The van der Waals surface area contributed by atoms with Crippen LogP contribution in [0.25, 0.3) is 10.8 Å². The number of carbonyl (C=O) groups is 1. The van der Waals surface area contributed by atoms with Gasteiger partial charge in [0.05, 0.1) is 0 Å². The van der Waals surface area contributed by atoms with Crippen LogP contribution in [0.5, 0.6) is 0 Å². The van der Waals surface area contributed by atoms with Crippen LogP contribution in [0.4, 0.5) is 0 Å². The van der Waals surface area contributed by atoms with E-state index in [0.29, 0.717) is 25.0 Å².